The van der Waals surface area contributed by atoms with E-state index in [9.17, 15) is 51.8 Å². The number of aromatic nitrogens is 2. The fraction of sp³-hybridized carbons (Fsp3) is 0.444. The van der Waals surface area contributed by atoms with Crippen LogP contribution < -0.4 is 4.98 Å². The van der Waals surface area contributed by atoms with Crippen LogP contribution in [0.4, 0.5) is 51.8 Å². The number of hydrogen-bond donors (Lipinski definition) is 0. The normalized spacial score (nSPS) is 12.4. The highest BCUT2D eigenvalue weighted by Gasteiger charge is 2.35. The van der Waals surface area contributed by atoms with Gasteiger partial charge in [0.15, 0.2) is 12.4 Å². The summed E-state index contributed by atoms with van der Waals surface area (Å²) >= 11 is 0. The van der Waals surface area contributed by atoms with Crippen molar-refractivity contribution in [1.82, 2.24) is 4.98 Å². The maximum atomic E-state index is 9.75. The van der Waals surface area contributed by atoms with Crippen molar-refractivity contribution in [2.75, 3.05) is 0 Å². The predicted molar refractivity (Wildman–Crippen MR) is 197 cm³/mol. The van der Waals surface area contributed by atoms with Gasteiger partial charge < -0.3 is 51.8 Å². The second-order valence-corrected chi connectivity index (χ2v) is 16.2. The molecule has 1 N–H and O–H groups in total. The van der Waals surface area contributed by atoms with E-state index in [1.54, 1.807) is 0 Å². The van der Waals surface area contributed by atoms with Crippen LogP contribution in [-0.4, -0.2) is 26.7 Å². The lowest BCUT2D eigenvalue weighted by Gasteiger charge is -2.15. The van der Waals surface area contributed by atoms with Crippen LogP contribution >= 0.6 is 0 Å². The Bertz CT molecular complexity index is 1510. The summed E-state index contributed by atoms with van der Waals surface area (Å²) in [6.07, 6.45) is 7.56. The van der Waals surface area contributed by atoms with Crippen molar-refractivity contribution in [2.45, 2.75) is 105 Å². The van der Waals surface area contributed by atoms with Crippen LogP contribution in [0.5, 0.6) is 0 Å². The van der Waals surface area contributed by atoms with E-state index >= 15 is 0 Å². The average molecular weight is 802 g/mol. The van der Waals surface area contributed by atoms with Crippen molar-refractivity contribution >= 4 is 21.8 Å². The third kappa shape index (κ3) is 24.9. The Hall–Kier alpha value is -4.05. The van der Waals surface area contributed by atoms with Gasteiger partial charge in [-0.3, -0.25) is 4.98 Å². The zero-order chi connectivity index (χ0) is 43.4. The zero-order valence-electron chi connectivity index (χ0n) is 33.0. The molecule has 0 unspecified atom stereocenters. The summed E-state index contributed by atoms with van der Waals surface area (Å²) in [5, 5.41) is 0. The number of nitrogens with one attached hydrogen (secondary N) is 1. The molecule has 0 radical (unpaired) electrons. The molecule has 0 aliphatic heterocycles. The minimum Gasteiger partial charge on any atom is -0.418 e. The molecule has 4 heterocycles. The molecule has 0 aliphatic rings. The van der Waals surface area contributed by atoms with Crippen molar-refractivity contribution in [3.05, 3.63) is 96.4 Å². The number of rotatable bonds is 2. The number of aromatic amines is 1. The molecule has 0 saturated carbocycles. The van der Waals surface area contributed by atoms with Gasteiger partial charge in [0, 0.05) is 54.4 Å². The molecule has 4 aromatic rings. The average Bonchev–Trinajstić information content (AvgIpc) is 2.98. The Morgan fingerprint density at radius 3 is 0.836 bits per heavy atom. The Morgan fingerprint density at radius 1 is 0.400 bits per heavy atom. The van der Waals surface area contributed by atoms with E-state index in [0.29, 0.717) is 0 Å². The monoisotopic (exact) mass is 802 g/mol. The van der Waals surface area contributed by atoms with E-state index in [2.05, 4.69) is 129 Å². The van der Waals surface area contributed by atoms with Gasteiger partial charge in [-0.05, 0) is 112 Å². The molecule has 0 amide bonds. The first-order valence-electron chi connectivity index (χ1n) is 16.8. The molecule has 0 saturated heterocycles. The molecule has 0 atom stereocenters. The summed E-state index contributed by atoms with van der Waals surface area (Å²) in [6.45, 7) is 26.1. The van der Waals surface area contributed by atoms with Gasteiger partial charge in [-0.15, -0.1) is 0 Å². The topological polar surface area (TPSA) is 49.6 Å². The lowest BCUT2D eigenvalue weighted by atomic mass is 9.87. The molecule has 0 bridgehead atoms. The summed E-state index contributed by atoms with van der Waals surface area (Å²) in [5.74, 6) is 4.06. The molecule has 4 nitrogen and oxygen atoms in total. The molecular formula is C36H49B3F12N2O2. The summed E-state index contributed by atoms with van der Waals surface area (Å²) in [7, 11) is -18.0. The first kappa shape index (κ1) is 51.0. The van der Waals surface area contributed by atoms with Crippen molar-refractivity contribution < 1.29 is 65.6 Å². The first-order chi connectivity index (χ1) is 24.4. The van der Waals surface area contributed by atoms with Crippen LogP contribution in [-0.2, 0) is 21.7 Å². The molecule has 0 spiro atoms. The fourth-order valence-electron chi connectivity index (χ4n) is 3.94. The molecule has 308 valence electrons. The van der Waals surface area contributed by atoms with E-state index in [1.165, 1.54) is 22.3 Å². The lowest BCUT2D eigenvalue weighted by molar-refractivity contribution is -0.377. The van der Waals surface area contributed by atoms with Crippen LogP contribution in [0.2, 0.25) is 0 Å². The van der Waals surface area contributed by atoms with Gasteiger partial charge >= 0.3 is 44.8 Å². The van der Waals surface area contributed by atoms with E-state index in [4.69, 9.17) is 8.83 Å². The largest absolute Gasteiger partial charge is 0.673 e. The van der Waals surface area contributed by atoms with Gasteiger partial charge in [-0.25, -0.2) is 13.8 Å². The van der Waals surface area contributed by atoms with E-state index in [0.717, 1.165) is 23.0 Å². The van der Waals surface area contributed by atoms with Crippen molar-refractivity contribution in [3.63, 3.8) is 0 Å². The second-order valence-electron chi connectivity index (χ2n) is 16.2. The Labute approximate surface area is 315 Å². The smallest absolute Gasteiger partial charge is 0.418 e. The summed E-state index contributed by atoms with van der Waals surface area (Å²) in [5.41, 5.74) is 4.75. The maximum Gasteiger partial charge on any atom is 0.673 e. The molecule has 4 aromatic heterocycles. The summed E-state index contributed by atoms with van der Waals surface area (Å²) in [6, 6.07) is 16.9. The van der Waals surface area contributed by atoms with Gasteiger partial charge in [0.1, 0.15) is 0 Å². The molecule has 0 fully saturated rings. The third-order valence-electron chi connectivity index (χ3n) is 6.61. The van der Waals surface area contributed by atoms with Gasteiger partial charge in [0.25, 0.3) is 0 Å². The van der Waals surface area contributed by atoms with Crippen LogP contribution in [0.1, 0.15) is 106 Å². The number of H-pyrrole nitrogens is 1. The summed E-state index contributed by atoms with van der Waals surface area (Å²) < 4.78 is 129. The molecule has 4 rings (SSSR count). The van der Waals surface area contributed by atoms with Crippen LogP contribution in [0.15, 0.2) is 82.2 Å². The molecule has 55 heavy (non-hydrogen) atoms. The highest BCUT2D eigenvalue weighted by atomic mass is 19.5. The third-order valence-corrected chi connectivity index (χ3v) is 6.61. The zero-order valence-corrected chi connectivity index (χ0v) is 33.0. The van der Waals surface area contributed by atoms with Crippen molar-refractivity contribution in [1.29, 1.82) is 0 Å². The van der Waals surface area contributed by atoms with Crippen molar-refractivity contribution in [2.24, 2.45) is 0 Å². The maximum absolute atomic E-state index is 9.75. The van der Waals surface area contributed by atoms with Crippen LogP contribution in [0.3, 0.4) is 0 Å². The second kappa shape index (κ2) is 19.7. The lowest BCUT2D eigenvalue weighted by Crippen LogP contribution is -2.16. The van der Waals surface area contributed by atoms with E-state index in [1.807, 2.05) is 36.9 Å². The van der Waals surface area contributed by atoms with Crippen molar-refractivity contribution in [3.8, 4) is 22.3 Å². The highest BCUT2D eigenvalue weighted by Crippen LogP contribution is 2.35. The highest BCUT2D eigenvalue weighted by molar-refractivity contribution is 6.50. The molecular weight excluding hydrogens is 753 g/mol. The predicted octanol–water partition coefficient (Wildman–Crippen LogP) is 13.8. The number of nitrogens with zero attached hydrogens (tertiary/aromatic N) is 1. The van der Waals surface area contributed by atoms with E-state index < -0.39 is 21.8 Å². The number of hydrogen-bond acceptors (Lipinski definition) is 1. The van der Waals surface area contributed by atoms with Gasteiger partial charge in [0.2, 0.25) is 0 Å². The molecule has 0 aromatic carbocycles. The Kier molecular flexibility index (Phi) is 18.3. The summed E-state index contributed by atoms with van der Waals surface area (Å²) in [4.78, 5) is 7.16. The minimum absolute atomic E-state index is 0.00306. The SMILES string of the molecule is CC(C)(C)c1cc(-c2cc[nH+]cc2)cc(C(C)(C)C)[o+]1.CC(C)(C)c1cc(-c2ccncc2)cc(C(C)(C)C)[o+]1.F[B-](F)(F)F.F[B-](F)(F)F.F[B-](F)(F)F. The quantitative estimate of drug-likeness (QED) is 0.115. The van der Waals surface area contributed by atoms with E-state index in [-0.39, 0.29) is 21.7 Å². The Morgan fingerprint density at radius 2 is 0.618 bits per heavy atom. The molecule has 19 heteroatoms. The molecule has 0 aliphatic carbocycles. The van der Waals surface area contributed by atoms with Crippen LogP contribution in [0, 0.1) is 0 Å². The fourth-order valence-corrected chi connectivity index (χ4v) is 3.94. The van der Waals surface area contributed by atoms with Crippen LogP contribution in [0.25, 0.3) is 22.3 Å². The Balaban J connectivity index is 0.000000778. The number of pyridine rings is 2. The number of halogens is 12. The van der Waals surface area contributed by atoms with Gasteiger partial charge in [-0.2, -0.15) is 0 Å². The first-order valence-corrected chi connectivity index (χ1v) is 16.8. The minimum atomic E-state index is -6.00. The van der Waals surface area contributed by atoms with Gasteiger partial charge in [0.05, 0.1) is 21.7 Å². The van der Waals surface area contributed by atoms with Gasteiger partial charge in [-0.1, -0.05) is 0 Å². The standard InChI is InChI=1S/2C18H24NO.3BF4/c2*1-17(2,3)15-11-14(13-7-9-19-10-8-13)12-16(20-15)18(4,5)6;3*2-1(3,4)5/h2*7-12H,1-6H3;;;/q2*+1;3*-1/p+1.